The average molecular weight is 1830 g/mol. The molecule has 0 saturated carbocycles. The van der Waals surface area contributed by atoms with Crippen molar-refractivity contribution >= 4 is 139 Å². The molecule has 24 bridgehead atoms. The maximum absolute atomic E-state index is 6.14. The lowest BCUT2D eigenvalue weighted by Gasteiger charge is -2.19. The van der Waals surface area contributed by atoms with Crippen molar-refractivity contribution in [3.8, 4) is 111 Å². The minimum Gasteiger partial charge on any atom is -0.354 e. The van der Waals surface area contributed by atoms with Crippen LogP contribution in [0.3, 0.4) is 0 Å². The van der Waals surface area contributed by atoms with Gasteiger partial charge in [-0.2, -0.15) is 0 Å². The standard InChI is InChI=1S/C129H112N12/c1-75-27-29-78(30-28-75)115-93-55-51-89(130-93)113(76-23-19-17-20-24-76)90-52-56-94(131-90)116(79-31-41-84(42-32-79)125(2,3)4)98-60-68-106(135-98)121(105-67-59-97(115)134-105)123-109-71-63-101(138-109)119(82-37-47-87(48-38-82)128(11,12)13)103-65-73-111(140-103)124(112-74-66-104(141-112)120(102-64-72-110(123)139-102)83-39-49-88(50-40-83)129(14,15)16)122-107-69-61-99(136-107)117(80-33-43-85(44-34-80)126(5,6)7)95-57-53-91(132-95)114(77-25-21-18-22-26-77)92-54-58-96(133-92)118(100-62-70-108(122)137-100)81-35-45-86(46-36-81)127(8,9)10/h17-74,131-132,134,137-138,141H,1-16H3. The van der Waals surface area contributed by atoms with E-state index in [-0.39, 0.29) is 27.1 Å². The molecule has 6 aliphatic heterocycles. The van der Waals surface area contributed by atoms with Crippen molar-refractivity contribution < 1.29 is 0 Å². The predicted molar refractivity (Wildman–Crippen MR) is 596 cm³/mol. The highest BCUT2D eigenvalue weighted by Gasteiger charge is 2.30. The first-order chi connectivity index (χ1) is 67.9. The van der Waals surface area contributed by atoms with Crippen LogP contribution >= 0.6 is 0 Å². The van der Waals surface area contributed by atoms with E-state index < -0.39 is 0 Å². The van der Waals surface area contributed by atoms with Gasteiger partial charge in [0.05, 0.1) is 68.3 Å². The summed E-state index contributed by atoms with van der Waals surface area (Å²) in [5.41, 5.74) is 45.4. The van der Waals surface area contributed by atoms with Gasteiger partial charge in [0.25, 0.3) is 0 Å². The largest absolute Gasteiger partial charge is 0.354 e. The highest BCUT2D eigenvalue weighted by Crippen LogP contribution is 2.49. The van der Waals surface area contributed by atoms with Crippen LogP contribution in [0.5, 0.6) is 0 Å². The van der Waals surface area contributed by atoms with Crippen molar-refractivity contribution in [2.45, 2.75) is 138 Å². The summed E-state index contributed by atoms with van der Waals surface area (Å²) in [4.78, 5) is 60.7. The number of hydrogen-bond donors (Lipinski definition) is 6. The number of fused-ring (bicyclic) bond motifs is 24. The van der Waals surface area contributed by atoms with Crippen molar-refractivity contribution in [3.05, 3.63) is 381 Å². The zero-order valence-corrected chi connectivity index (χ0v) is 82.7. The van der Waals surface area contributed by atoms with Gasteiger partial charge in [-0.05, 0) is 252 Å². The summed E-state index contributed by atoms with van der Waals surface area (Å²) in [7, 11) is 0. The molecule has 141 heavy (non-hydrogen) atoms. The van der Waals surface area contributed by atoms with Gasteiger partial charge in [-0.1, -0.05) is 316 Å². The molecule has 23 rings (SSSR count). The second-order valence-corrected chi connectivity index (χ2v) is 43.2. The van der Waals surface area contributed by atoms with Crippen molar-refractivity contribution in [1.29, 1.82) is 0 Å². The summed E-state index contributed by atoms with van der Waals surface area (Å²) in [5, 5.41) is 0. The van der Waals surface area contributed by atoms with Gasteiger partial charge in [0.1, 0.15) is 0 Å². The minimum atomic E-state index is -0.146. The first-order valence-corrected chi connectivity index (χ1v) is 49.1. The lowest BCUT2D eigenvalue weighted by atomic mass is 9.86. The summed E-state index contributed by atoms with van der Waals surface area (Å²) >= 11 is 0. The first-order valence-electron chi connectivity index (χ1n) is 49.1. The molecule has 6 N–H and O–H groups in total. The zero-order chi connectivity index (χ0) is 96.9. The second kappa shape index (κ2) is 34.0. The van der Waals surface area contributed by atoms with Crippen molar-refractivity contribution in [3.63, 3.8) is 0 Å². The fourth-order valence-electron chi connectivity index (χ4n) is 20.7. The number of hydrogen-bond acceptors (Lipinski definition) is 6. The van der Waals surface area contributed by atoms with Crippen LogP contribution in [0.15, 0.2) is 279 Å². The Bertz CT molecular complexity index is 8540. The number of aromatic amines is 6. The van der Waals surface area contributed by atoms with Crippen LogP contribution in [0.25, 0.3) is 250 Å². The van der Waals surface area contributed by atoms with E-state index in [1.54, 1.807) is 0 Å². The van der Waals surface area contributed by atoms with Gasteiger partial charge in [-0.3, -0.25) is 0 Å². The van der Waals surface area contributed by atoms with Crippen LogP contribution in [0.4, 0.5) is 0 Å². The van der Waals surface area contributed by atoms with Gasteiger partial charge in [0.2, 0.25) is 0 Å². The van der Waals surface area contributed by atoms with E-state index in [0.29, 0.717) is 0 Å². The number of rotatable bonds is 10. The van der Waals surface area contributed by atoms with Crippen LogP contribution in [-0.2, 0) is 27.1 Å². The van der Waals surface area contributed by atoms with Gasteiger partial charge in [-0.25, -0.2) is 29.9 Å². The molecule has 6 aliphatic rings. The Kier molecular flexibility index (Phi) is 21.4. The number of nitrogens with one attached hydrogen (secondary N) is 6. The molecule has 0 saturated heterocycles. The van der Waals surface area contributed by atoms with E-state index in [1.165, 1.54) is 27.8 Å². The van der Waals surface area contributed by atoms with Crippen LogP contribution in [0, 0.1) is 6.92 Å². The maximum atomic E-state index is 6.14. The lowest BCUT2D eigenvalue weighted by molar-refractivity contribution is 0.590. The molecule has 0 unspecified atom stereocenters. The maximum Gasteiger partial charge on any atom is 0.0738 e. The molecule has 0 radical (unpaired) electrons. The molecule has 15 heterocycles. The van der Waals surface area contributed by atoms with E-state index >= 15 is 0 Å². The highest BCUT2D eigenvalue weighted by molar-refractivity contribution is 6.09. The third kappa shape index (κ3) is 16.4. The van der Waals surface area contributed by atoms with Gasteiger partial charge >= 0.3 is 0 Å². The number of aromatic nitrogens is 12. The molecule has 0 amide bonds. The second-order valence-electron chi connectivity index (χ2n) is 43.2. The molecule has 0 aliphatic carbocycles. The van der Waals surface area contributed by atoms with E-state index in [4.69, 9.17) is 29.9 Å². The van der Waals surface area contributed by atoms with E-state index in [9.17, 15) is 0 Å². The molecule has 9 aromatic heterocycles. The van der Waals surface area contributed by atoms with Gasteiger partial charge in [0, 0.05) is 133 Å². The Morgan fingerprint density at radius 2 is 0.270 bits per heavy atom. The van der Waals surface area contributed by atoms with Crippen LogP contribution in [-0.4, -0.2) is 59.8 Å². The molecular weight excluding hydrogens is 1720 g/mol. The van der Waals surface area contributed by atoms with Gasteiger partial charge < -0.3 is 29.9 Å². The molecule has 0 fully saturated rings. The average Bonchev–Trinajstić information content (AvgIpc) is 1.59. The fraction of sp³-hybridized carbons (Fsp3) is 0.163. The summed E-state index contributed by atoms with van der Waals surface area (Å²) in [6, 6.07) is 102. The lowest BCUT2D eigenvalue weighted by Crippen LogP contribution is -2.10. The Morgan fingerprint density at radius 1 is 0.142 bits per heavy atom. The van der Waals surface area contributed by atoms with Crippen LogP contribution in [0.2, 0.25) is 0 Å². The van der Waals surface area contributed by atoms with E-state index in [2.05, 4.69) is 493 Å². The van der Waals surface area contributed by atoms with E-state index in [1.807, 2.05) is 0 Å². The Hall–Kier alpha value is -16.4. The molecule has 8 aromatic carbocycles. The molecule has 0 spiro atoms. The summed E-state index contributed by atoms with van der Waals surface area (Å²) in [6.07, 6.45) is 26.3. The number of nitrogens with zero attached hydrogens (tertiary/aromatic N) is 6. The smallest absolute Gasteiger partial charge is 0.0738 e. The van der Waals surface area contributed by atoms with Gasteiger partial charge in [-0.15, -0.1) is 0 Å². The number of H-pyrrole nitrogens is 6. The Labute approximate surface area is 823 Å². The quantitative estimate of drug-likeness (QED) is 0.0795. The fourth-order valence-corrected chi connectivity index (χ4v) is 20.7. The Morgan fingerprint density at radius 3 is 0.418 bits per heavy atom. The van der Waals surface area contributed by atoms with Crippen molar-refractivity contribution in [2.24, 2.45) is 0 Å². The highest BCUT2D eigenvalue weighted by atomic mass is 14.8. The molecule has 17 aromatic rings. The monoisotopic (exact) mass is 1830 g/mol. The molecule has 688 valence electrons. The van der Waals surface area contributed by atoms with E-state index in [0.717, 1.165) is 251 Å². The Balaban J connectivity index is 0.863. The molecule has 0 atom stereocenters. The third-order valence-corrected chi connectivity index (χ3v) is 28.4. The summed E-state index contributed by atoms with van der Waals surface area (Å²) < 4.78 is 0. The molecule has 12 nitrogen and oxygen atoms in total. The first kappa shape index (κ1) is 88.5. The third-order valence-electron chi connectivity index (χ3n) is 28.4. The predicted octanol–water partition coefficient (Wildman–Crippen LogP) is 34.1. The summed E-state index contributed by atoms with van der Waals surface area (Å²) in [5.74, 6) is 0. The number of benzene rings is 8. The van der Waals surface area contributed by atoms with Crippen molar-refractivity contribution in [2.75, 3.05) is 0 Å². The normalized spacial score (nSPS) is 13.1. The van der Waals surface area contributed by atoms with Crippen LogP contribution in [0.1, 0.15) is 206 Å². The SMILES string of the molecule is Cc1ccc(-c2c3nc(c(-c4ccccc4)c4ccc([nH]4)c(-c4ccc(C(C)(C)C)cc4)c4nc(c(-c5c6nc(c(-c7ccc(C(C)(C)C)cc7)c7ccc([nH]7)c(-c7c8nc(c(-c9ccc(C(C)(C)C)cc9)c9ccc([nH]9)c(-c9ccccc9)c9nc(c(-c%10ccc(C(C)(C)C)cc%10)c%10ccc7[nH]%10)C=C9)C=C8)c7nc(c(-c8ccc(C(C)(C)C)cc8)c8ccc5[nH]8)C=C7)C=C6)c5ccc2[nH]5)C=C4)C=C3)cc1. The van der Waals surface area contributed by atoms with Crippen LogP contribution < -0.4 is 0 Å². The molecular formula is C129H112N12. The minimum absolute atomic E-state index is 0.0909. The number of aryl methyl sites for hydroxylation is 1. The topological polar surface area (TPSA) is 172 Å². The zero-order valence-electron chi connectivity index (χ0n) is 82.7. The van der Waals surface area contributed by atoms with Gasteiger partial charge in [0.15, 0.2) is 0 Å². The summed E-state index contributed by atoms with van der Waals surface area (Å²) in [6.45, 7) is 36.2. The molecule has 12 heteroatoms. The van der Waals surface area contributed by atoms with Crippen molar-refractivity contribution in [1.82, 2.24) is 59.8 Å².